The number of rotatable bonds is 3. The van der Waals surface area contributed by atoms with E-state index >= 15 is 0 Å². The Balaban J connectivity index is 2.13. The molecule has 0 aromatic heterocycles. The Hall–Kier alpha value is -2.05. The standard InChI is InChI=1S/C15H11ClFNO/c1-10-6-13(16)3-5-15(10)19-9-11-2-4-14(17)12(7-11)8-18/h2-7H,9H2,1H3. The Morgan fingerprint density at radius 3 is 2.74 bits per heavy atom. The molecule has 0 N–H and O–H groups in total. The summed E-state index contributed by atoms with van der Waals surface area (Å²) in [6.07, 6.45) is 0. The van der Waals surface area contributed by atoms with Gasteiger partial charge in [0.1, 0.15) is 24.2 Å². The molecule has 0 saturated heterocycles. The molecule has 0 aliphatic heterocycles. The van der Waals surface area contributed by atoms with Crippen molar-refractivity contribution in [1.82, 2.24) is 0 Å². The molecule has 0 radical (unpaired) electrons. The zero-order valence-electron chi connectivity index (χ0n) is 10.3. The Morgan fingerprint density at radius 2 is 2.05 bits per heavy atom. The van der Waals surface area contributed by atoms with Crippen LogP contribution in [0.3, 0.4) is 0 Å². The van der Waals surface area contributed by atoms with E-state index in [0.29, 0.717) is 10.8 Å². The van der Waals surface area contributed by atoms with Crippen molar-refractivity contribution in [2.24, 2.45) is 0 Å². The van der Waals surface area contributed by atoms with E-state index in [1.165, 1.54) is 12.1 Å². The number of hydrogen-bond acceptors (Lipinski definition) is 2. The molecule has 2 nitrogen and oxygen atoms in total. The summed E-state index contributed by atoms with van der Waals surface area (Å²) in [5.74, 6) is 0.196. The first-order valence-electron chi connectivity index (χ1n) is 5.67. The normalized spacial score (nSPS) is 10.0. The summed E-state index contributed by atoms with van der Waals surface area (Å²) < 4.78 is 18.8. The molecule has 0 aliphatic carbocycles. The molecule has 0 atom stereocenters. The Kier molecular flexibility index (Phi) is 4.03. The molecule has 19 heavy (non-hydrogen) atoms. The van der Waals surface area contributed by atoms with Crippen LogP contribution in [0.5, 0.6) is 5.75 Å². The molecule has 4 heteroatoms. The molecule has 0 aliphatic rings. The molecule has 0 saturated carbocycles. The summed E-state index contributed by atoms with van der Waals surface area (Å²) in [5, 5.41) is 9.41. The van der Waals surface area contributed by atoms with Crippen LogP contribution in [0.15, 0.2) is 36.4 Å². The predicted octanol–water partition coefficient (Wildman–Crippen LogP) is 4.24. The first kappa shape index (κ1) is 13.4. The van der Waals surface area contributed by atoms with E-state index < -0.39 is 5.82 Å². The number of benzene rings is 2. The second-order valence-electron chi connectivity index (χ2n) is 4.12. The van der Waals surface area contributed by atoms with Gasteiger partial charge in [-0.3, -0.25) is 0 Å². The number of ether oxygens (including phenoxy) is 1. The van der Waals surface area contributed by atoms with Crippen LogP contribution in [-0.4, -0.2) is 0 Å². The van der Waals surface area contributed by atoms with Crippen LogP contribution in [0, 0.1) is 24.1 Å². The van der Waals surface area contributed by atoms with Gasteiger partial charge in [0.2, 0.25) is 0 Å². The molecular weight excluding hydrogens is 265 g/mol. The summed E-state index contributed by atoms with van der Waals surface area (Å²) in [6, 6.07) is 11.5. The number of halogens is 2. The molecule has 2 aromatic rings. The van der Waals surface area contributed by atoms with E-state index in [-0.39, 0.29) is 12.2 Å². The smallest absolute Gasteiger partial charge is 0.140 e. The first-order chi connectivity index (χ1) is 9.10. The lowest BCUT2D eigenvalue weighted by atomic mass is 10.1. The van der Waals surface area contributed by atoms with Crippen LogP contribution >= 0.6 is 11.6 Å². The highest BCUT2D eigenvalue weighted by atomic mass is 35.5. The third-order valence-corrected chi connectivity index (χ3v) is 2.92. The average Bonchev–Trinajstić information content (AvgIpc) is 2.39. The van der Waals surface area contributed by atoms with Crippen LogP contribution < -0.4 is 4.74 Å². The first-order valence-corrected chi connectivity index (χ1v) is 6.05. The summed E-state index contributed by atoms with van der Waals surface area (Å²) in [5.41, 5.74) is 1.69. The highest BCUT2D eigenvalue weighted by Crippen LogP contribution is 2.23. The van der Waals surface area contributed by atoms with Gasteiger partial charge in [0.25, 0.3) is 0 Å². The fourth-order valence-electron chi connectivity index (χ4n) is 1.68. The fourth-order valence-corrected chi connectivity index (χ4v) is 1.91. The topological polar surface area (TPSA) is 33.0 Å². The van der Waals surface area contributed by atoms with Gasteiger partial charge in [0, 0.05) is 5.02 Å². The van der Waals surface area contributed by atoms with Crippen molar-refractivity contribution >= 4 is 11.6 Å². The van der Waals surface area contributed by atoms with E-state index in [4.69, 9.17) is 21.6 Å². The van der Waals surface area contributed by atoms with Crippen molar-refractivity contribution in [2.45, 2.75) is 13.5 Å². The van der Waals surface area contributed by atoms with E-state index in [9.17, 15) is 4.39 Å². The summed E-state index contributed by atoms with van der Waals surface area (Å²) in [4.78, 5) is 0. The van der Waals surface area contributed by atoms with Gasteiger partial charge in [-0.25, -0.2) is 4.39 Å². The average molecular weight is 276 g/mol. The maximum atomic E-state index is 13.2. The van der Waals surface area contributed by atoms with Gasteiger partial charge < -0.3 is 4.74 Å². The highest BCUT2D eigenvalue weighted by Gasteiger charge is 2.05. The van der Waals surface area contributed by atoms with Crippen molar-refractivity contribution in [3.63, 3.8) is 0 Å². The second-order valence-corrected chi connectivity index (χ2v) is 4.56. The molecule has 2 rings (SSSR count). The lowest BCUT2D eigenvalue weighted by Gasteiger charge is -2.09. The van der Waals surface area contributed by atoms with E-state index in [0.717, 1.165) is 11.1 Å². The van der Waals surface area contributed by atoms with Crippen LogP contribution in [0.25, 0.3) is 0 Å². The number of hydrogen-bond donors (Lipinski definition) is 0. The van der Waals surface area contributed by atoms with Crippen molar-refractivity contribution in [3.05, 3.63) is 63.9 Å². The third kappa shape index (κ3) is 3.24. The molecule has 0 heterocycles. The van der Waals surface area contributed by atoms with Crippen LogP contribution in [0.2, 0.25) is 5.02 Å². The SMILES string of the molecule is Cc1cc(Cl)ccc1OCc1ccc(F)c(C#N)c1. The maximum Gasteiger partial charge on any atom is 0.140 e. The minimum atomic E-state index is -0.520. The van der Waals surface area contributed by atoms with Gasteiger partial charge in [-0.1, -0.05) is 17.7 Å². The van der Waals surface area contributed by atoms with Crippen LogP contribution in [-0.2, 0) is 6.61 Å². The Labute approximate surface area is 116 Å². The largest absolute Gasteiger partial charge is 0.489 e. The molecule has 0 spiro atoms. The van der Waals surface area contributed by atoms with Gasteiger partial charge >= 0.3 is 0 Å². The lowest BCUT2D eigenvalue weighted by Crippen LogP contribution is -1.98. The third-order valence-electron chi connectivity index (χ3n) is 2.68. The van der Waals surface area contributed by atoms with Gasteiger partial charge in [-0.2, -0.15) is 5.26 Å². The number of nitrogens with zero attached hydrogens (tertiary/aromatic N) is 1. The minimum absolute atomic E-state index is 0.0222. The Bertz CT molecular complexity index is 649. The zero-order valence-corrected chi connectivity index (χ0v) is 11.0. The quantitative estimate of drug-likeness (QED) is 0.839. The fraction of sp³-hybridized carbons (Fsp3) is 0.133. The van der Waals surface area contributed by atoms with Gasteiger partial charge in [0.15, 0.2) is 0 Å². The highest BCUT2D eigenvalue weighted by molar-refractivity contribution is 6.30. The number of nitriles is 1. The predicted molar refractivity (Wildman–Crippen MR) is 71.6 cm³/mol. The van der Waals surface area contributed by atoms with Crippen molar-refractivity contribution < 1.29 is 9.13 Å². The van der Waals surface area contributed by atoms with Gasteiger partial charge in [0.05, 0.1) is 5.56 Å². The van der Waals surface area contributed by atoms with E-state index in [1.807, 2.05) is 13.0 Å². The van der Waals surface area contributed by atoms with Gasteiger partial charge in [-0.05, 0) is 48.4 Å². The molecule has 0 fully saturated rings. The van der Waals surface area contributed by atoms with Crippen molar-refractivity contribution in [2.75, 3.05) is 0 Å². The summed E-state index contributed by atoms with van der Waals surface area (Å²) >= 11 is 5.86. The van der Waals surface area contributed by atoms with Crippen molar-refractivity contribution in [1.29, 1.82) is 5.26 Å². The van der Waals surface area contributed by atoms with Crippen LogP contribution in [0.4, 0.5) is 4.39 Å². The molecule has 96 valence electrons. The van der Waals surface area contributed by atoms with Gasteiger partial charge in [-0.15, -0.1) is 0 Å². The molecule has 2 aromatic carbocycles. The van der Waals surface area contributed by atoms with Crippen molar-refractivity contribution in [3.8, 4) is 11.8 Å². The molecule has 0 amide bonds. The maximum absolute atomic E-state index is 13.2. The summed E-state index contributed by atoms with van der Waals surface area (Å²) in [6.45, 7) is 2.17. The second kappa shape index (κ2) is 5.73. The van der Waals surface area contributed by atoms with Crippen LogP contribution in [0.1, 0.15) is 16.7 Å². The molecule has 0 bridgehead atoms. The van der Waals surface area contributed by atoms with E-state index in [1.54, 1.807) is 24.3 Å². The molecular formula is C15H11ClFNO. The molecule has 0 unspecified atom stereocenters. The lowest BCUT2D eigenvalue weighted by molar-refractivity contribution is 0.304. The Morgan fingerprint density at radius 1 is 1.26 bits per heavy atom. The zero-order chi connectivity index (χ0) is 13.8. The minimum Gasteiger partial charge on any atom is -0.489 e. The van der Waals surface area contributed by atoms with E-state index in [2.05, 4.69) is 0 Å². The monoisotopic (exact) mass is 275 g/mol. The summed E-state index contributed by atoms with van der Waals surface area (Å²) in [7, 11) is 0. The number of aryl methyl sites for hydroxylation is 1.